The van der Waals surface area contributed by atoms with Gasteiger partial charge in [-0.05, 0) is 17.7 Å². The highest BCUT2D eigenvalue weighted by molar-refractivity contribution is 8.13. The standard InChI is InChI=1S/C16H13F4N3S/c17-14-8-4-7-13(16(18,19)20)12(14)9-22-23-15(21)24-10-11-5-2-1-3-6-11/h1-9H,10H2,(H2,21,23). The third kappa shape index (κ3) is 5.09. The fraction of sp³-hybridized carbons (Fsp3) is 0.125. The zero-order valence-electron chi connectivity index (χ0n) is 12.3. The maximum absolute atomic E-state index is 13.6. The quantitative estimate of drug-likeness (QED) is 0.382. The summed E-state index contributed by atoms with van der Waals surface area (Å²) >= 11 is 1.18. The molecule has 0 bridgehead atoms. The number of nitrogens with two attached hydrogens (primary N) is 1. The Labute approximate surface area is 140 Å². The number of alkyl halides is 3. The molecule has 126 valence electrons. The van der Waals surface area contributed by atoms with Gasteiger partial charge in [-0.1, -0.05) is 48.2 Å². The van der Waals surface area contributed by atoms with Gasteiger partial charge in [-0.3, -0.25) is 0 Å². The topological polar surface area (TPSA) is 50.7 Å². The Morgan fingerprint density at radius 2 is 1.79 bits per heavy atom. The maximum Gasteiger partial charge on any atom is 0.417 e. The first kappa shape index (κ1) is 18.0. The van der Waals surface area contributed by atoms with Crippen molar-refractivity contribution in [3.8, 4) is 0 Å². The van der Waals surface area contributed by atoms with Gasteiger partial charge in [0.1, 0.15) is 5.82 Å². The summed E-state index contributed by atoms with van der Waals surface area (Å²) in [5.74, 6) is -0.488. The zero-order chi connectivity index (χ0) is 17.6. The molecule has 0 amide bonds. The third-order valence-electron chi connectivity index (χ3n) is 2.93. The molecule has 0 fully saturated rings. The highest BCUT2D eigenvalue weighted by Crippen LogP contribution is 2.32. The molecule has 0 saturated carbocycles. The molecule has 2 aromatic carbocycles. The van der Waals surface area contributed by atoms with Crippen LogP contribution in [0.2, 0.25) is 0 Å². The molecule has 0 aliphatic heterocycles. The van der Waals surface area contributed by atoms with E-state index in [2.05, 4.69) is 10.2 Å². The normalized spacial score (nSPS) is 12.8. The first-order valence-corrected chi connectivity index (χ1v) is 7.75. The lowest BCUT2D eigenvalue weighted by Crippen LogP contribution is -2.10. The second kappa shape index (κ2) is 7.96. The summed E-state index contributed by atoms with van der Waals surface area (Å²) in [4.78, 5) is 0. The molecule has 0 unspecified atom stereocenters. The minimum Gasteiger partial charge on any atom is -0.377 e. The number of hydrogen-bond donors (Lipinski definition) is 1. The van der Waals surface area contributed by atoms with E-state index in [1.165, 1.54) is 11.8 Å². The number of amidine groups is 1. The Hall–Kier alpha value is -2.35. The van der Waals surface area contributed by atoms with Crippen LogP contribution >= 0.6 is 11.8 Å². The van der Waals surface area contributed by atoms with Crippen molar-refractivity contribution >= 4 is 23.1 Å². The van der Waals surface area contributed by atoms with Crippen LogP contribution in [0.5, 0.6) is 0 Å². The zero-order valence-corrected chi connectivity index (χ0v) is 13.1. The lowest BCUT2D eigenvalue weighted by molar-refractivity contribution is -0.137. The third-order valence-corrected chi connectivity index (χ3v) is 3.79. The van der Waals surface area contributed by atoms with Gasteiger partial charge in [0.2, 0.25) is 0 Å². The van der Waals surface area contributed by atoms with Crippen LogP contribution in [-0.2, 0) is 11.9 Å². The van der Waals surface area contributed by atoms with Crippen molar-refractivity contribution < 1.29 is 17.6 Å². The van der Waals surface area contributed by atoms with Crippen molar-refractivity contribution in [2.24, 2.45) is 15.9 Å². The molecule has 3 nitrogen and oxygen atoms in total. The molecule has 0 aliphatic carbocycles. The Kier molecular flexibility index (Phi) is 5.97. The van der Waals surface area contributed by atoms with Crippen molar-refractivity contribution in [3.05, 3.63) is 71.0 Å². The smallest absolute Gasteiger partial charge is 0.377 e. The summed E-state index contributed by atoms with van der Waals surface area (Å²) in [6.07, 6.45) is -3.96. The van der Waals surface area contributed by atoms with Gasteiger partial charge < -0.3 is 5.73 Å². The summed E-state index contributed by atoms with van der Waals surface area (Å²) in [5, 5.41) is 7.13. The van der Waals surface area contributed by atoms with E-state index in [-0.39, 0.29) is 5.17 Å². The Morgan fingerprint density at radius 3 is 2.46 bits per heavy atom. The van der Waals surface area contributed by atoms with E-state index < -0.39 is 23.1 Å². The van der Waals surface area contributed by atoms with Crippen LogP contribution in [-0.4, -0.2) is 11.4 Å². The molecule has 0 aromatic heterocycles. The summed E-state index contributed by atoms with van der Waals surface area (Å²) in [6, 6.07) is 12.1. The molecule has 0 saturated heterocycles. The van der Waals surface area contributed by atoms with E-state index in [1.54, 1.807) is 0 Å². The summed E-state index contributed by atoms with van der Waals surface area (Å²) in [5.41, 5.74) is 4.86. The van der Waals surface area contributed by atoms with Gasteiger partial charge in [-0.15, -0.1) is 5.10 Å². The molecule has 0 aliphatic rings. The predicted molar refractivity (Wildman–Crippen MR) is 88.4 cm³/mol. The van der Waals surface area contributed by atoms with E-state index >= 15 is 0 Å². The van der Waals surface area contributed by atoms with Crippen LogP contribution in [0.15, 0.2) is 58.7 Å². The summed E-state index contributed by atoms with van der Waals surface area (Å²) < 4.78 is 52.1. The maximum atomic E-state index is 13.6. The van der Waals surface area contributed by atoms with Crippen molar-refractivity contribution in [2.45, 2.75) is 11.9 Å². The first-order chi connectivity index (χ1) is 11.4. The first-order valence-electron chi connectivity index (χ1n) is 6.77. The van der Waals surface area contributed by atoms with Crippen molar-refractivity contribution in [3.63, 3.8) is 0 Å². The highest BCUT2D eigenvalue weighted by atomic mass is 32.2. The Balaban J connectivity index is 2.08. The monoisotopic (exact) mass is 355 g/mol. The Bertz CT molecular complexity index is 743. The predicted octanol–water partition coefficient (Wildman–Crippen LogP) is 4.43. The number of hydrogen-bond acceptors (Lipinski definition) is 3. The van der Waals surface area contributed by atoms with Crippen LogP contribution < -0.4 is 5.73 Å². The molecular weight excluding hydrogens is 342 g/mol. The van der Waals surface area contributed by atoms with Crippen LogP contribution in [0.1, 0.15) is 16.7 Å². The van der Waals surface area contributed by atoms with Gasteiger partial charge in [0.05, 0.1) is 11.8 Å². The molecule has 8 heteroatoms. The second-order valence-corrected chi connectivity index (χ2v) is 5.65. The van der Waals surface area contributed by atoms with Gasteiger partial charge in [-0.25, -0.2) is 4.39 Å². The molecule has 0 radical (unpaired) electrons. The van der Waals surface area contributed by atoms with Gasteiger partial charge in [0.15, 0.2) is 5.17 Å². The van der Waals surface area contributed by atoms with Crippen molar-refractivity contribution in [2.75, 3.05) is 0 Å². The van der Waals surface area contributed by atoms with Crippen molar-refractivity contribution in [1.82, 2.24) is 0 Å². The number of halogens is 4. The summed E-state index contributed by atoms with van der Waals surface area (Å²) in [7, 11) is 0. The largest absolute Gasteiger partial charge is 0.417 e. The molecule has 2 N–H and O–H groups in total. The molecule has 0 atom stereocenters. The molecule has 2 rings (SSSR count). The average Bonchev–Trinajstić information content (AvgIpc) is 2.54. The van der Waals surface area contributed by atoms with E-state index in [0.717, 1.165) is 23.8 Å². The van der Waals surface area contributed by atoms with Crippen LogP contribution in [0.25, 0.3) is 0 Å². The van der Waals surface area contributed by atoms with E-state index in [1.807, 2.05) is 30.3 Å². The number of nitrogens with zero attached hydrogens (tertiary/aromatic N) is 2. The number of rotatable bonds is 4. The Morgan fingerprint density at radius 1 is 1.08 bits per heavy atom. The molecule has 0 spiro atoms. The number of thioether (sulfide) groups is 1. The van der Waals surface area contributed by atoms with Gasteiger partial charge in [0, 0.05) is 11.3 Å². The lowest BCUT2D eigenvalue weighted by Gasteiger charge is -2.09. The van der Waals surface area contributed by atoms with Crippen LogP contribution in [0.4, 0.5) is 17.6 Å². The van der Waals surface area contributed by atoms with Gasteiger partial charge >= 0.3 is 6.18 Å². The SMILES string of the molecule is NC(=NN=Cc1c(F)cccc1C(F)(F)F)SCc1ccccc1. The molecule has 0 heterocycles. The lowest BCUT2D eigenvalue weighted by atomic mass is 10.1. The summed E-state index contributed by atoms with van der Waals surface area (Å²) in [6.45, 7) is 0. The van der Waals surface area contributed by atoms with Crippen molar-refractivity contribution in [1.29, 1.82) is 0 Å². The van der Waals surface area contributed by atoms with E-state index in [4.69, 9.17) is 5.73 Å². The minimum atomic E-state index is -4.68. The highest BCUT2D eigenvalue weighted by Gasteiger charge is 2.33. The molecule has 24 heavy (non-hydrogen) atoms. The van der Waals surface area contributed by atoms with Crippen LogP contribution in [0.3, 0.4) is 0 Å². The second-order valence-electron chi connectivity index (χ2n) is 4.66. The average molecular weight is 355 g/mol. The minimum absolute atomic E-state index is 0.0694. The molecular formula is C16H13F4N3S. The van der Waals surface area contributed by atoms with Crippen LogP contribution in [0, 0.1) is 5.82 Å². The number of benzene rings is 2. The van der Waals surface area contributed by atoms with E-state index in [9.17, 15) is 17.6 Å². The van der Waals surface area contributed by atoms with Gasteiger partial charge in [-0.2, -0.15) is 18.3 Å². The fourth-order valence-corrected chi connectivity index (χ4v) is 2.43. The fourth-order valence-electron chi connectivity index (χ4n) is 1.82. The van der Waals surface area contributed by atoms with E-state index in [0.29, 0.717) is 12.0 Å². The molecule has 2 aromatic rings. The van der Waals surface area contributed by atoms with Gasteiger partial charge in [0.25, 0.3) is 0 Å².